The first kappa shape index (κ1) is 15.6. The normalized spacial score (nSPS) is 17.7. The summed E-state index contributed by atoms with van der Waals surface area (Å²) in [5, 5.41) is 2.90. The molecule has 3 N–H and O–H groups in total. The summed E-state index contributed by atoms with van der Waals surface area (Å²) in [6.45, 7) is 1.18. The van der Waals surface area contributed by atoms with E-state index in [1.807, 2.05) is 24.3 Å². The van der Waals surface area contributed by atoms with Crippen molar-refractivity contribution in [3.63, 3.8) is 0 Å². The maximum Gasteiger partial charge on any atom is 0.224 e. The fourth-order valence-corrected chi connectivity index (χ4v) is 2.34. The molecule has 1 atom stereocenters. The average molecular weight is 286 g/mol. The molecule has 0 saturated carbocycles. The van der Waals surface area contributed by atoms with E-state index < -0.39 is 0 Å². The Kier molecular flexibility index (Phi) is 6.26. The molecular formula is C17H22N2O2. The SMILES string of the molecule is NCC#Cc1ccc(NC(=O)CCC2CCCCO2)cc1. The van der Waals surface area contributed by atoms with Gasteiger partial charge in [0.25, 0.3) is 0 Å². The highest BCUT2D eigenvalue weighted by molar-refractivity contribution is 5.90. The summed E-state index contributed by atoms with van der Waals surface area (Å²) < 4.78 is 5.63. The molecule has 1 aliphatic heterocycles. The Labute approximate surface area is 126 Å². The predicted molar refractivity (Wildman–Crippen MR) is 83.8 cm³/mol. The topological polar surface area (TPSA) is 64.3 Å². The van der Waals surface area contributed by atoms with E-state index in [2.05, 4.69) is 17.2 Å². The number of rotatable bonds is 4. The zero-order chi connectivity index (χ0) is 14.9. The Hall–Kier alpha value is -1.83. The van der Waals surface area contributed by atoms with Crippen molar-refractivity contribution in [3.05, 3.63) is 29.8 Å². The fourth-order valence-electron chi connectivity index (χ4n) is 2.34. The monoisotopic (exact) mass is 286 g/mol. The minimum absolute atomic E-state index is 0.0324. The number of hydrogen-bond donors (Lipinski definition) is 2. The third-order valence-electron chi connectivity index (χ3n) is 3.47. The lowest BCUT2D eigenvalue weighted by atomic mass is 10.0. The number of anilines is 1. The van der Waals surface area contributed by atoms with Crippen molar-refractivity contribution in [3.8, 4) is 11.8 Å². The summed E-state index contributed by atoms with van der Waals surface area (Å²) in [5.74, 6) is 5.78. The average Bonchev–Trinajstić information content (AvgIpc) is 2.53. The van der Waals surface area contributed by atoms with Crippen LogP contribution in [0.25, 0.3) is 0 Å². The van der Waals surface area contributed by atoms with Gasteiger partial charge in [0.05, 0.1) is 12.6 Å². The van der Waals surface area contributed by atoms with E-state index in [1.165, 1.54) is 6.42 Å². The molecule has 0 radical (unpaired) electrons. The Morgan fingerprint density at radius 1 is 1.33 bits per heavy atom. The molecule has 1 amide bonds. The molecular weight excluding hydrogens is 264 g/mol. The number of nitrogens with one attached hydrogen (secondary N) is 1. The molecule has 1 fully saturated rings. The standard InChI is InChI=1S/C17H22N2O2/c18-12-3-4-14-6-8-15(9-7-14)19-17(20)11-10-16-5-1-2-13-21-16/h6-9,16H,1-2,5,10-13,18H2,(H,19,20). The first-order chi connectivity index (χ1) is 10.3. The molecule has 4 heteroatoms. The van der Waals surface area contributed by atoms with Gasteiger partial charge in [-0.25, -0.2) is 0 Å². The van der Waals surface area contributed by atoms with Crippen LogP contribution < -0.4 is 11.1 Å². The molecule has 0 bridgehead atoms. The Balaban J connectivity index is 1.76. The van der Waals surface area contributed by atoms with E-state index in [1.54, 1.807) is 0 Å². The Bertz CT molecular complexity index is 508. The highest BCUT2D eigenvalue weighted by Gasteiger charge is 2.15. The van der Waals surface area contributed by atoms with E-state index in [-0.39, 0.29) is 12.0 Å². The fraction of sp³-hybridized carbons (Fsp3) is 0.471. The number of amides is 1. The second-order valence-electron chi connectivity index (χ2n) is 5.16. The van der Waals surface area contributed by atoms with E-state index in [4.69, 9.17) is 10.5 Å². The number of nitrogens with two attached hydrogens (primary N) is 1. The van der Waals surface area contributed by atoms with E-state index >= 15 is 0 Å². The number of ether oxygens (including phenoxy) is 1. The van der Waals surface area contributed by atoms with Gasteiger partial charge >= 0.3 is 0 Å². The molecule has 1 aromatic rings. The Morgan fingerprint density at radius 2 is 2.14 bits per heavy atom. The van der Waals surface area contributed by atoms with Crippen molar-refractivity contribution in [2.24, 2.45) is 5.73 Å². The van der Waals surface area contributed by atoms with E-state index in [0.29, 0.717) is 13.0 Å². The zero-order valence-electron chi connectivity index (χ0n) is 12.2. The lowest BCUT2D eigenvalue weighted by Gasteiger charge is -2.22. The van der Waals surface area contributed by atoms with E-state index in [0.717, 1.165) is 37.1 Å². The minimum Gasteiger partial charge on any atom is -0.378 e. The molecule has 0 aromatic heterocycles. The molecule has 21 heavy (non-hydrogen) atoms. The molecule has 4 nitrogen and oxygen atoms in total. The second kappa shape index (κ2) is 8.46. The Morgan fingerprint density at radius 3 is 2.81 bits per heavy atom. The summed E-state index contributed by atoms with van der Waals surface area (Å²) >= 11 is 0. The lowest BCUT2D eigenvalue weighted by Crippen LogP contribution is -2.21. The van der Waals surface area contributed by atoms with Gasteiger partial charge in [-0.05, 0) is 49.9 Å². The van der Waals surface area contributed by atoms with Crippen LogP contribution in [0.2, 0.25) is 0 Å². The van der Waals surface area contributed by atoms with Gasteiger partial charge in [-0.1, -0.05) is 11.8 Å². The van der Waals surface area contributed by atoms with Crippen LogP contribution in [0, 0.1) is 11.8 Å². The van der Waals surface area contributed by atoms with Crippen LogP contribution in [0.3, 0.4) is 0 Å². The van der Waals surface area contributed by atoms with Gasteiger partial charge < -0.3 is 15.8 Å². The highest BCUT2D eigenvalue weighted by Crippen LogP contribution is 2.17. The van der Waals surface area contributed by atoms with Gasteiger partial charge in [0.1, 0.15) is 0 Å². The number of carbonyl (C=O) groups excluding carboxylic acids is 1. The molecule has 1 saturated heterocycles. The van der Waals surface area contributed by atoms with Crippen molar-refractivity contribution < 1.29 is 9.53 Å². The zero-order valence-corrected chi connectivity index (χ0v) is 12.2. The molecule has 1 aliphatic rings. The quantitative estimate of drug-likeness (QED) is 0.835. The first-order valence-corrected chi connectivity index (χ1v) is 7.48. The second-order valence-corrected chi connectivity index (χ2v) is 5.16. The number of hydrogen-bond acceptors (Lipinski definition) is 3. The van der Waals surface area contributed by atoms with Gasteiger partial charge in [0, 0.05) is 24.3 Å². The molecule has 0 aliphatic carbocycles. The highest BCUT2D eigenvalue weighted by atomic mass is 16.5. The maximum absolute atomic E-state index is 11.9. The summed E-state index contributed by atoms with van der Waals surface area (Å²) in [7, 11) is 0. The molecule has 2 rings (SSSR count). The van der Waals surface area contributed by atoms with Crippen LogP contribution in [0.4, 0.5) is 5.69 Å². The summed E-state index contributed by atoms with van der Waals surface area (Å²) in [6.07, 6.45) is 4.96. The smallest absolute Gasteiger partial charge is 0.224 e. The molecule has 0 spiro atoms. The van der Waals surface area contributed by atoms with Crippen molar-refractivity contribution in [2.75, 3.05) is 18.5 Å². The van der Waals surface area contributed by atoms with E-state index in [9.17, 15) is 4.79 Å². The van der Waals surface area contributed by atoms with Crippen LogP contribution >= 0.6 is 0 Å². The predicted octanol–water partition coefficient (Wildman–Crippen LogP) is 2.28. The third kappa shape index (κ3) is 5.58. The molecule has 1 unspecified atom stereocenters. The van der Waals surface area contributed by atoms with Crippen LogP contribution in [0.5, 0.6) is 0 Å². The van der Waals surface area contributed by atoms with Crippen molar-refractivity contribution in [1.82, 2.24) is 0 Å². The van der Waals surface area contributed by atoms with Gasteiger partial charge in [0.2, 0.25) is 5.91 Å². The molecule has 112 valence electrons. The van der Waals surface area contributed by atoms with Crippen molar-refractivity contribution in [2.45, 2.75) is 38.2 Å². The number of benzene rings is 1. The lowest BCUT2D eigenvalue weighted by molar-refractivity contribution is -0.117. The molecule has 1 heterocycles. The van der Waals surface area contributed by atoms with Gasteiger partial charge in [-0.3, -0.25) is 4.79 Å². The first-order valence-electron chi connectivity index (χ1n) is 7.48. The van der Waals surface area contributed by atoms with Crippen LogP contribution in [0.1, 0.15) is 37.7 Å². The molecule has 1 aromatic carbocycles. The van der Waals surface area contributed by atoms with Crippen LogP contribution in [0.15, 0.2) is 24.3 Å². The third-order valence-corrected chi connectivity index (χ3v) is 3.47. The van der Waals surface area contributed by atoms with Crippen LogP contribution in [-0.4, -0.2) is 25.2 Å². The summed E-state index contributed by atoms with van der Waals surface area (Å²) in [6, 6.07) is 7.47. The summed E-state index contributed by atoms with van der Waals surface area (Å²) in [5.41, 5.74) is 7.02. The number of carbonyl (C=O) groups is 1. The maximum atomic E-state index is 11.9. The van der Waals surface area contributed by atoms with Gasteiger partial charge in [0.15, 0.2) is 0 Å². The van der Waals surface area contributed by atoms with Gasteiger partial charge in [-0.2, -0.15) is 0 Å². The van der Waals surface area contributed by atoms with Crippen LogP contribution in [-0.2, 0) is 9.53 Å². The summed E-state index contributed by atoms with van der Waals surface area (Å²) in [4.78, 5) is 11.9. The van der Waals surface area contributed by atoms with Crippen molar-refractivity contribution in [1.29, 1.82) is 0 Å². The van der Waals surface area contributed by atoms with Crippen molar-refractivity contribution >= 4 is 11.6 Å². The van der Waals surface area contributed by atoms with Gasteiger partial charge in [-0.15, -0.1) is 0 Å². The minimum atomic E-state index is 0.0324. The largest absolute Gasteiger partial charge is 0.378 e.